The molecule has 1 aliphatic heterocycles. The van der Waals surface area contributed by atoms with E-state index in [1.807, 2.05) is 0 Å². The second-order valence-corrected chi connectivity index (χ2v) is 6.81. The van der Waals surface area contributed by atoms with Crippen LogP contribution in [0.3, 0.4) is 0 Å². The minimum atomic E-state index is -4.06. The largest absolute Gasteiger partial charge is 0.393 e. The van der Waals surface area contributed by atoms with Crippen LogP contribution in [-0.2, 0) is 0 Å². The van der Waals surface area contributed by atoms with Gasteiger partial charge in [0, 0.05) is 24.7 Å². The van der Waals surface area contributed by atoms with Gasteiger partial charge in [-0.1, -0.05) is 19.8 Å². The molecule has 20 heavy (non-hydrogen) atoms. The summed E-state index contributed by atoms with van der Waals surface area (Å²) in [6.45, 7) is 5.26. The monoisotopic (exact) mass is 292 g/mol. The first-order valence-electron chi connectivity index (χ1n) is 7.82. The van der Waals surface area contributed by atoms with Crippen LogP contribution in [0.4, 0.5) is 13.2 Å². The van der Waals surface area contributed by atoms with E-state index in [0.717, 1.165) is 19.4 Å². The van der Waals surface area contributed by atoms with Crippen molar-refractivity contribution in [2.75, 3.05) is 13.6 Å². The highest BCUT2D eigenvalue weighted by Crippen LogP contribution is 2.38. The van der Waals surface area contributed by atoms with Crippen LogP contribution in [0, 0.1) is 11.8 Å². The van der Waals surface area contributed by atoms with Crippen molar-refractivity contribution < 1.29 is 13.2 Å². The Bertz CT molecular complexity index is 319. The number of nitrogens with zero attached hydrogens (tertiary/aromatic N) is 1. The maximum Gasteiger partial charge on any atom is 0.393 e. The standard InChI is InChI=1S/C15H27F3N2/c1-10-9-20(3)11(2)8-14(10)19-13-7-5-4-6-12(13)15(16,17)18/h10-14,19H,4-9H2,1-3H3. The predicted octanol–water partition coefficient (Wildman–Crippen LogP) is 3.43. The molecule has 1 saturated heterocycles. The molecule has 5 heteroatoms. The van der Waals surface area contributed by atoms with Gasteiger partial charge in [-0.3, -0.25) is 0 Å². The Balaban J connectivity index is 2.00. The van der Waals surface area contributed by atoms with Crippen molar-refractivity contribution in [2.24, 2.45) is 11.8 Å². The van der Waals surface area contributed by atoms with Crippen LogP contribution in [-0.4, -0.2) is 42.8 Å². The van der Waals surface area contributed by atoms with Crippen LogP contribution in [0.1, 0.15) is 46.0 Å². The highest BCUT2D eigenvalue weighted by molar-refractivity contribution is 4.92. The average Bonchev–Trinajstić information content (AvgIpc) is 2.35. The number of rotatable bonds is 2. The van der Waals surface area contributed by atoms with Gasteiger partial charge in [0.2, 0.25) is 0 Å². The fourth-order valence-electron chi connectivity index (χ4n) is 3.77. The second-order valence-electron chi connectivity index (χ2n) is 6.81. The van der Waals surface area contributed by atoms with Crippen LogP contribution in [0.25, 0.3) is 0 Å². The third kappa shape index (κ3) is 3.67. The Hall–Kier alpha value is -0.290. The first-order chi connectivity index (χ1) is 9.29. The van der Waals surface area contributed by atoms with Gasteiger partial charge in [0.15, 0.2) is 0 Å². The van der Waals surface area contributed by atoms with Crippen LogP contribution in [0.15, 0.2) is 0 Å². The molecule has 2 nitrogen and oxygen atoms in total. The van der Waals surface area contributed by atoms with E-state index in [1.54, 1.807) is 0 Å². The summed E-state index contributed by atoms with van der Waals surface area (Å²) in [6.07, 6.45) is -0.533. The van der Waals surface area contributed by atoms with E-state index in [1.165, 1.54) is 0 Å². The van der Waals surface area contributed by atoms with E-state index < -0.39 is 12.1 Å². The molecular formula is C15H27F3N2. The second kappa shape index (κ2) is 6.22. The Morgan fingerprint density at radius 3 is 2.35 bits per heavy atom. The summed E-state index contributed by atoms with van der Waals surface area (Å²) in [5.74, 6) is -0.745. The van der Waals surface area contributed by atoms with Crippen molar-refractivity contribution in [3.05, 3.63) is 0 Å². The minimum absolute atomic E-state index is 0.217. The van der Waals surface area contributed by atoms with Gasteiger partial charge in [-0.25, -0.2) is 0 Å². The molecular weight excluding hydrogens is 265 g/mol. The first-order valence-corrected chi connectivity index (χ1v) is 7.82. The number of piperidine rings is 1. The Morgan fingerprint density at radius 1 is 1.05 bits per heavy atom. The van der Waals surface area contributed by atoms with Gasteiger partial charge in [-0.2, -0.15) is 13.2 Å². The number of alkyl halides is 3. The van der Waals surface area contributed by atoms with E-state index in [9.17, 15) is 13.2 Å². The SMILES string of the molecule is CC1CN(C)C(C)CC1NC1CCCCC1C(F)(F)F. The van der Waals surface area contributed by atoms with Crippen LogP contribution < -0.4 is 5.32 Å². The van der Waals surface area contributed by atoms with Crippen molar-refractivity contribution in [1.82, 2.24) is 10.2 Å². The summed E-state index contributed by atoms with van der Waals surface area (Å²) in [4.78, 5) is 2.30. The summed E-state index contributed by atoms with van der Waals surface area (Å²) in [5.41, 5.74) is 0. The molecule has 5 atom stereocenters. The first kappa shape index (κ1) is 16.1. The average molecular weight is 292 g/mol. The van der Waals surface area contributed by atoms with Crippen molar-refractivity contribution in [1.29, 1.82) is 0 Å². The number of likely N-dealkylation sites (tertiary alicyclic amines) is 1. The maximum atomic E-state index is 13.1. The summed E-state index contributed by atoms with van der Waals surface area (Å²) in [5, 5.41) is 3.37. The van der Waals surface area contributed by atoms with Gasteiger partial charge in [0.05, 0.1) is 5.92 Å². The summed E-state index contributed by atoms with van der Waals surface area (Å²) in [7, 11) is 2.09. The van der Waals surface area contributed by atoms with Crippen LogP contribution in [0.5, 0.6) is 0 Å². The molecule has 2 aliphatic rings. The zero-order chi connectivity index (χ0) is 14.9. The highest BCUT2D eigenvalue weighted by atomic mass is 19.4. The van der Waals surface area contributed by atoms with E-state index >= 15 is 0 Å². The van der Waals surface area contributed by atoms with E-state index in [-0.39, 0.29) is 18.5 Å². The van der Waals surface area contributed by atoms with Crippen LogP contribution in [0.2, 0.25) is 0 Å². The van der Waals surface area contributed by atoms with Crippen molar-refractivity contribution >= 4 is 0 Å². The molecule has 0 spiro atoms. The third-order valence-corrected chi connectivity index (χ3v) is 5.22. The van der Waals surface area contributed by atoms with Crippen molar-refractivity contribution in [2.45, 2.75) is 70.3 Å². The van der Waals surface area contributed by atoms with E-state index in [2.05, 4.69) is 31.1 Å². The smallest absolute Gasteiger partial charge is 0.310 e. The Labute approximate surface area is 120 Å². The lowest BCUT2D eigenvalue weighted by atomic mass is 9.81. The van der Waals surface area contributed by atoms with Gasteiger partial charge in [-0.15, -0.1) is 0 Å². The number of hydrogen-bond acceptors (Lipinski definition) is 2. The maximum absolute atomic E-state index is 13.1. The molecule has 1 heterocycles. The molecule has 0 amide bonds. The lowest BCUT2D eigenvalue weighted by molar-refractivity contribution is -0.190. The molecule has 0 bridgehead atoms. The molecule has 118 valence electrons. The van der Waals surface area contributed by atoms with E-state index in [4.69, 9.17) is 0 Å². The van der Waals surface area contributed by atoms with Gasteiger partial charge in [-0.05, 0) is 39.2 Å². The molecule has 0 radical (unpaired) electrons. The van der Waals surface area contributed by atoms with Crippen LogP contribution >= 0.6 is 0 Å². The van der Waals surface area contributed by atoms with Gasteiger partial charge < -0.3 is 10.2 Å². The predicted molar refractivity (Wildman–Crippen MR) is 74.6 cm³/mol. The zero-order valence-electron chi connectivity index (χ0n) is 12.7. The molecule has 2 rings (SSSR count). The Kier molecular flexibility index (Phi) is 5.00. The molecule has 2 fully saturated rings. The fourth-order valence-corrected chi connectivity index (χ4v) is 3.77. The fraction of sp³-hybridized carbons (Fsp3) is 1.00. The number of halogens is 3. The topological polar surface area (TPSA) is 15.3 Å². The summed E-state index contributed by atoms with van der Waals surface area (Å²) >= 11 is 0. The number of hydrogen-bond donors (Lipinski definition) is 1. The zero-order valence-corrected chi connectivity index (χ0v) is 12.7. The third-order valence-electron chi connectivity index (χ3n) is 5.22. The molecule has 0 aromatic carbocycles. The van der Waals surface area contributed by atoms with Crippen molar-refractivity contribution in [3.63, 3.8) is 0 Å². The normalized spacial score (nSPS) is 40.8. The van der Waals surface area contributed by atoms with E-state index in [0.29, 0.717) is 24.8 Å². The molecule has 1 N–H and O–H groups in total. The van der Waals surface area contributed by atoms with Gasteiger partial charge >= 0.3 is 6.18 Å². The summed E-state index contributed by atoms with van der Waals surface area (Å²) < 4.78 is 39.4. The summed E-state index contributed by atoms with van der Waals surface area (Å²) in [6, 6.07) is 0.276. The van der Waals surface area contributed by atoms with Crippen molar-refractivity contribution in [3.8, 4) is 0 Å². The quantitative estimate of drug-likeness (QED) is 0.839. The number of nitrogens with one attached hydrogen (secondary N) is 1. The lowest BCUT2D eigenvalue weighted by Gasteiger charge is -2.44. The molecule has 0 aromatic rings. The lowest BCUT2D eigenvalue weighted by Crippen LogP contribution is -2.56. The molecule has 0 aromatic heterocycles. The molecule has 1 aliphatic carbocycles. The van der Waals surface area contributed by atoms with Gasteiger partial charge in [0.1, 0.15) is 0 Å². The molecule has 5 unspecified atom stereocenters. The van der Waals surface area contributed by atoms with Gasteiger partial charge in [0.25, 0.3) is 0 Å². The Morgan fingerprint density at radius 2 is 1.70 bits per heavy atom. The highest BCUT2D eigenvalue weighted by Gasteiger charge is 2.46. The molecule has 1 saturated carbocycles. The minimum Gasteiger partial charge on any atom is -0.310 e.